The second-order valence-electron chi connectivity index (χ2n) is 6.21. The SMILES string of the molecule is O=C(CCC(=O)N(c1ccccc1)c1ccccc1)N/N=C\c1ccccc1F. The van der Waals surface area contributed by atoms with Gasteiger partial charge in [0, 0.05) is 29.8 Å². The lowest BCUT2D eigenvalue weighted by atomic mass is 10.2. The number of nitrogens with zero attached hydrogens (tertiary/aromatic N) is 2. The Morgan fingerprint density at radius 3 is 1.97 bits per heavy atom. The third-order valence-corrected chi connectivity index (χ3v) is 4.14. The van der Waals surface area contributed by atoms with Gasteiger partial charge < -0.3 is 0 Å². The van der Waals surface area contributed by atoms with E-state index in [2.05, 4.69) is 10.5 Å². The lowest BCUT2D eigenvalue weighted by Crippen LogP contribution is -2.27. The molecule has 2 amide bonds. The molecule has 0 spiro atoms. The molecule has 1 N–H and O–H groups in total. The summed E-state index contributed by atoms with van der Waals surface area (Å²) in [6.45, 7) is 0. The van der Waals surface area contributed by atoms with Crippen LogP contribution in [-0.4, -0.2) is 18.0 Å². The monoisotopic (exact) mass is 389 g/mol. The highest BCUT2D eigenvalue weighted by Gasteiger charge is 2.18. The Morgan fingerprint density at radius 1 is 0.828 bits per heavy atom. The Bertz CT molecular complexity index is 952. The van der Waals surface area contributed by atoms with E-state index in [9.17, 15) is 14.0 Å². The molecule has 0 radical (unpaired) electrons. The van der Waals surface area contributed by atoms with Crippen LogP contribution < -0.4 is 10.3 Å². The van der Waals surface area contributed by atoms with E-state index >= 15 is 0 Å². The molecule has 0 aliphatic heterocycles. The van der Waals surface area contributed by atoms with Crippen LogP contribution in [0.25, 0.3) is 0 Å². The number of para-hydroxylation sites is 2. The Balaban J connectivity index is 1.61. The minimum absolute atomic E-state index is 0.00480. The van der Waals surface area contributed by atoms with E-state index in [1.807, 2.05) is 60.7 Å². The average molecular weight is 389 g/mol. The molecule has 0 aromatic heterocycles. The van der Waals surface area contributed by atoms with Crippen molar-refractivity contribution >= 4 is 29.4 Å². The van der Waals surface area contributed by atoms with Crippen molar-refractivity contribution in [3.05, 3.63) is 96.3 Å². The molecule has 29 heavy (non-hydrogen) atoms. The van der Waals surface area contributed by atoms with Crippen molar-refractivity contribution in [2.75, 3.05) is 4.90 Å². The predicted molar refractivity (Wildman–Crippen MR) is 111 cm³/mol. The highest BCUT2D eigenvalue weighted by atomic mass is 19.1. The van der Waals surface area contributed by atoms with E-state index in [0.29, 0.717) is 0 Å². The number of amides is 2. The first-order valence-electron chi connectivity index (χ1n) is 9.14. The van der Waals surface area contributed by atoms with Crippen LogP contribution in [0.3, 0.4) is 0 Å². The molecule has 6 heteroatoms. The molecule has 0 atom stereocenters. The molecular weight excluding hydrogens is 369 g/mol. The van der Waals surface area contributed by atoms with E-state index in [1.54, 1.807) is 23.1 Å². The number of hydrogen-bond donors (Lipinski definition) is 1. The second-order valence-corrected chi connectivity index (χ2v) is 6.21. The van der Waals surface area contributed by atoms with E-state index in [-0.39, 0.29) is 24.3 Å². The molecule has 5 nitrogen and oxygen atoms in total. The van der Waals surface area contributed by atoms with Crippen LogP contribution >= 0.6 is 0 Å². The summed E-state index contributed by atoms with van der Waals surface area (Å²) >= 11 is 0. The Hall–Kier alpha value is -3.80. The number of carbonyl (C=O) groups excluding carboxylic acids is 2. The van der Waals surface area contributed by atoms with E-state index < -0.39 is 11.7 Å². The van der Waals surface area contributed by atoms with Crippen LogP contribution in [-0.2, 0) is 9.59 Å². The normalized spacial score (nSPS) is 10.7. The van der Waals surface area contributed by atoms with Crippen molar-refractivity contribution in [3.8, 4) is 0 Å². The number of carbonyl (C=O) groups is 2. The van der Waals surface area contributed by atoms with E-state index in [0.717, 1.165) is 11.4 Å². The van der Waals surface area contributed by atoms with Crippen molar-refractivity contribution in [1.82, 2.24) is 5.43 Å². The largest absolute Gasteiger partial charge is 0.281 e. The average Bonchev–Trinajstić information content (AvgIpc) is 2.75. The smallest absolute Gasteiger partial charge is 0.240 e. The van der Waals surface area contributed by atoms with Crippen LogP contribution in [0.15, 0.2) is 90.0 Å². The van der Waals surface area contributed by atoms with Gasteiger partial charge in [-0.1, -0.05) is 54.6 Å². The van der Waals surface area contributed by atoms with E-state index in [4.69, 9.17) is 0 Å². The van der Waals surface area contributed by atoms with Gasteiger partial charge in [-0.3, -0.25) is 14.5 Å². The molecule has 0 aliphatic rings. The minimum Gasteiger partial charge on any atom is -0.281 e. The molecule has 0 heterocycles. The Kier molecular flexibility index (Phi) is 6.84. The molecule has 0 saturated carbocycles. The standard InChI is InChI=1S/C23H20FN3O2/c24-21-14-8-7-9-18(21)17-25-26-22(28)15-16-23(29)27(19-10-3-1-4-11-19)20-12-5-2-6-13-20/h1-14,17H,15-16H2,(H,26,28)/b25-17-. The maximum atomic E-state index is 13.5. The molecule has 3 aromatic rings. The fourth-order valence-electron chi connectivity index (χ4n) is 2.73. The third kappa shape index (κ3) is 5.59. The number of rotatable bonds is 7. The van der Waals surface area contributed by atoms with Crippen molar-refractivity contribution in [3.63, 3.8) is 0 Å². The highest BCUT2D eigenvalue weighted by molar-refractivity contribution is 6.01. The first-order chi connectivity index (χ1) is 14.1. The van der Waals surface area contributed by atoms with E-state index in [1.165, 1.54) is 12.3 Å². The summed E-state index contributed by atoms with van der Waals surface area (Å²) in [6.07, 6.45) is 1.20. The van der Waals surface area contributed by atoms with Gasteiger partial charge in [0.25, 0.3) is 0 Å². The van der Waals surface area contributed by atoms with Gasteiger partial charge in [0.05, 0.1) is 6.21 Å². The lowest BCUT2D eigenvalue weighted by molar-refractivity contribution is -0.124. The summed E-state index contributed by atoms with van der Waals surface area (Å²) in [5, 5.41) is 3.75. The zero-order valence-electron chi connectivity index (χ0n) is 15.7. The fraction of sp³-hybridized carbons (Fsp3) is 0.0870. The topological polar surface area (TPSA) is 61.8 Å². The van der Waals surface area contributed by atoms with Crippen LogP contribution in [0.2, 0.25) is 0 Å². The molecule has 3 rings (SSSR count). The van der Waals surface area contributed by atoms with Gasteiger partial charge in [0.2, 0.25) is 11.8 Å². The third-order valence-electron chi connectivity index (χ3n) is 4.14. The van der Waals surface area contributed by atoms with Gasteiger partial charge in [0.1, 0.15) is 5.82 Å². The summed E-state index contributed by atoms with van der Waals surface area (Å²) in [7, 11) is 0. The minimum atomic E-state index is -0.429. The van der Waals surface area contributed by atoms with Crippen molar-refractivity contribution < 1.29 is 14.0 Å². The number of hydrazone groups is 1. The number of nitrogens with one attached hydrogen (secondary N) is 1. The number of anilines is 2. The van der Waals surface area contributed by atoms with Crippen molar-refractivity contribution in [1.29, 1.82) is 0 Å². The van der Waals surface area contributed by atoms with Crippen LogP contribution in [0.1, 0.15) is 18.4 Å². The summed E-state index contributed by atoms with van der Waals surface area (Å²) in [6, 6.07) is 24.6. The van der Waals surface area contributed by atoms with Crippen LogP contribution in [0.5, 0.6) is 0 Å². The quantitative estimate of drug-likeness (QED) is 0.480. The van der Waals surface area contributed by atoms with Crippen LogP contribution in [0.4, 0.5) is 15.8 Å². The zero-order valence-corrected chi connectivity index (χ0v) is 15.7. The molecule has 0 aliphatic carbocycles. The first-order valence-corrected chi connectivity index (χ1v) is 9.14. The highest BCUT2D eigenvalue weighted by Crippen LogP contribution is 2.26. The van der Waals surface area contributed by atoms with Gasteiger partial charge in [-0.2, -0.15) is 5.10 Å². The zero-order chi connectivity index (χ0) is 20.5. The molecule has 0 saturated heterocycles. The molecule has 0 bridgehead atoms. The summed E-state index contributed by atoms with van der Waals surface area (Å²) in [4.78, 5) is 26.5. The van der Waals surface area contributed by atoms with Gasteiger partial charge in [-0.15, -0.1) is 0 Å². The number of halogens is 1. The molecule has 0 fully saturated rings. The molecular formula is C23H20FN3O2. The predicted octanol–water partition coefficient (Wildman–Crippen LogP) is 4.42. The maximum absolute atomic E-state index is 13.5. The first kappa shape index (κ1) is 19.9. The van der Waals surface area contributed by atoms with Gasteiger partial charge in [-0.05, 0) is 30.3 Å². The number of benzene rings is 3. The summed E-state index contributed by atoms with van der Waals surface area (Å²) in [5.41, 5.74) is 4.04. The maximum Gasteiger partial charge on any atom is 0.240 e. The van der Waals surface area contributed by atoms with Crippen molar-refractivity contribution in [2.45, 2.75) is 12.8 Å². The summed E-state index contributed by atoms with van der Waals surface area (Å²) < 4.78 is 13.5. The number of hydrogen-bond acceptors (Lipinski definition) is 3. The van der Waals surface area contributed by atoms with Gasteiger partial charge >= 0.3 is 0 Å². The fourth-order valence-corrected chi connectivity index (χ4v) is 2.73. The van der Waals surface area contributed by atoms with Crippen LogP contribution in [0, 0.1) is 5.82 Å². The van der Waals surface area contributed by atoms with Crippen molar-refractivity contribution in [2.24, 2.45) is 5.10 Å². The molecule has 146 valence electrons. The Morgan fingerprint density at radius 2 is 1.38 bits per heavy atom. The lowest BCUT2D eigenvalue weighted by Gasteiger charge is -2.23. The Labute approximate surface area is 168 Å². The molecule has 0 unspecified atom stereocenters. The van der Waals surface area contributed by atoms with Gasteiger partial charge in [-0.25, -0.2) is 9.82 Å². The molecule has 3 aromatic carbocycles. The summed E-state index contributed by atoms with van der Waals surface area (Å²) in [5.74, 6) is -1.07. The second kappa shape index (κ2) is 9.94. The van der Waals surface area contributed by atoms with Gasteiger partial charge in [0.15, 0.2) is 0 Å².